The van der Waals surface area contributed by atoms with Gasteiger partial charge in [0.1, 0.15) is 5.01 Å². The first kappa shape index (κ1) is 14.4. The topological polar surface area (TPSA) is 12.9 Å². The molecule has 0 amide bonds. The van der Waals surface area contributed by atoms with E-state index in [2.05, 4.69) is 81.4 Å². The Morgan fingerprint density at radius 1 is 0.826 bits per heavy atom. The highest BCUT2D eigenvalue weighted by molar-refractivity contribution is 7.22. The lowest BCUT2D eigenvalue weighted by Crippen LogP contribution is -2.10. The summed E-state index contributed by atoms with van der Waals surface area (Å²) in [6.07, 6.45) is 0. The van der Waals surface area contributed by atoms with E-state index in [1.807, 2.05) is 0 Å². The van der Waals surface area contributed by atoms with Gasteiger partial charge in [0.2, 0.25) is 0 Å². The van der Waals surface area contributed by atoms with E-state index < -0.39 is 0 Å². The first-order valence-corrected chi connectivity index (χ1v) is 8.73. The third kappa shape index (κ3) is 2.53. The molecule has 0 saturated carbocycles. The number of rotatable bonds is 1. The van der Waals surface area contributed by atoms with Crippen molar-refractivity contribution in [2.24, 2.45) is 0 Å². The van der Waals surface area contributed by atoms with Crippen LogP contribution in [0.5, 0.6) is 0 Å². The van der Waals surface area contributed by atoms with E-state index in [9.17, 15) is 0 Å². The highest BCUT2D eigenvalue weighted by Crippen LogP contribution is 2.35. The molecule has 1 heterocycles. The zero-order valence-corrected chi connectivity index (χ0v) is 14.4. The summed E-state index contributed by atoms with van der Waals surface area (Å²) in [5, 5.41) is 3.66. The average Bonchev–Trinajstić information content (AvgIpc) is 2.99. The molecule has 3 aromatic carbocycles. The molecule has 2 heteroatoms. The lowest BCUT2D eigenvalue weighted by Gasteiger charge is -2.18. The third-order valence-corrected chi connectivity index (χ3v) is 5.43. The zero-order valence-electron chi connectivity index (χ0n) is 13.6. The van der Waals surface area contributed by atoms with Crippen LogP contribution < -0.4 is 0 Å². The summed E-state index contributed by atoms with van der Waals surface area (Å²) < 4.78 is 1.28. The Hall–Kier alpha value is -2.19. The Bertz CT molecular complexity index is 988. The quantitative estimate of drug-likeness (QED) is 0.395. The fourth-order valence-electron chi connectivity index (χ4n) is 2.89. The maximum Gasteiger partial charge on any atom is 0.124 e. The molecule has 0 aliphatic carbocycles. The van der Waals surface area contributed by atoms with E-state index >= 15 is 0 Å². The summed E-state index contributed by atoms with van der Waals surface area (Å²) in [5.74, 6) is 0. The molecular formula is C21H19NS. The van der Waals surface area contributed by atoms with Crippen LogP contribution in [0.4, 0.5) is 0 Å². The van der Waals surface area contributed by atoms with Gasteiger partial charge in [0, 0.05) is 10.9 Å². The lowest BCUT2D eigenvalue weighted by atomic mass is 9.87. The summed E-state index contributed by atoms with van der Waals surface area (Å²) in [6.45, 7) is 6.73. The first-order chi connectivity index (χ1) is 11.0. The van der Waals surface area contributed by atoms with Gasteiger partial charge in [0.25, 0.3) is 0 Å². The van der Waals surface area contributed by atoms with Crippen LogP contribution in [0, 0.1) is 0 Å². The predicted octanol–water partition coefficient (Wildman–Crippen LogP) is 6.41. The maximum absolute atomic E-state index is 4.84. The SMILES string of the molecule is CC(C)(C)c1ccc(-c2nc3ccc4ccccc4c3s2)cc1. The van der Waals surface area contributed by atoms with Gasteiger partial charge in [0.15, 0.2) is 0 Å². The summed E-state index contributed by atoms with van der Waals surface area (Å²) >= 11 is 1.78. The van der Waals surface area contributed by atoms with E-state index in [0.29, 0.717) is 0 Å². The number of thiazole rings is 1. The Balaban J connectivity index is 1.84. The van der Waals surface area contributed by atoms with Gasteiger partial charge in [-0.2, -0.15) is 0 Å². The smallest absolute Gasteiger partial charge is 0.124 e. The molecular weight excluding hydrogens is 298 g/mol. The highest BCUT2D eigenvalue weighted by Gasteiger charge is 2.14. The average molecular weight is 317 g/mol. The first-order valence-electron chi connectivity index (χ1n) is 7.91. The fourth-order valence-corrected chi connectivity index (χ4v) is 4.00. The van der Waals surface area contributed by atoms with Crippen molar-refractivity contribution >= 4 is 32.3 Å². The molecule has 0 radical (unpaired) electrons. The van der Waals surface area contributed by atoms with E-state index in [0.717, 1.165) is 10.5 Å². The summed E-state index contributed by atoms with van der Waals surface area (Å²) in [5.41, 5.74) is 3.82. The van der Waals surface area contributed by atoms with Gasteiger partial charge in [-0.3, -0.25) is 0 Å². The monoisotopic (exact) mass is 317 g/mol. The normalized spacial score (nSPS) is 12.1. The highest BCUT2D eigenvalue weighted by atomic mass is 32.1. The minimum Gasteiger partial charge on any atom is -0.236 e. The van der Waals surface area contributed by atoms with Crippen LogP contribution in [0.1, 0.15) is 26.3 Å². The number of fused-ring (bicyclic) bond motifs is 3. The molecule has 23 heavy (non-hydrogen) atoms. The van der Waals surface area contributed by atoms with Crippen LogP contribution in [0.25, 0.3) is 31.6 Å². The van der Waals surface area contributed by atoms with Gasteiger partial charge in [-0.05, 0) is 22.4 Å². The molecule has 0 N–H and O–H groups in total. The van der Waals surface area contributed by atoms with Crippen LogP contribution in [-0.4, -0.2) is 4.98 Å². The second-order valence-corrected chi connectivity index (χ2v) is 7.98. The maximum atomic E-state index is 4.84. The summed E-state index contributed by atoms with van der Waals surface area (Å²) in [7, 11) is 0. The van der Waals surface area contributed by atoms with Crippen molar-refractivity contribution in [3.8, 4) is 10.6 Å². The standard InChI is InChI=1S/C21H19NS/c1-21(2,3)16-11-8-15(9-12-16)20-22-18-13-10-14-6-4-5-7-17(14)19(18)23-20/h4-13H,1-3H3. The Labute approximate surface area is 140 Å². The number of benzene rings is 3. The molecule has 0 atom stereocenters. The molecule has 0 aliphatic heterocycles. The molecule has 0 unspecified atom stereocenters. The molecule has 0 bridgehead atoms. The fraction of sp³-hybridized carbons (Fsp3) is 0.190. The Morgan fingerprint density at radius 3 is 2.30 bits per heavy atom. The Kier molecular flexibility index (Phi) is 3.24. The van der Waals surface area contributed by atoms with Crippen molar-refractivity contribution in [2.75, 3.05) is 0 Å². The second kappa shape index (κ2) is 5.17. The van der Waals surface area contributed by atoms with Crippen LogP contribution in [0.3, 0.4) is 0 Å². The zero-order chi connectivity index (χ0) is 16.0. The van der Waals surface area contributed by atoms with Crippen LogP contribution >= 0.6 is 11.3 Å². The van der Waals surface area contributed by atoms with Gasteiger partial charge < -0.3 is 0 Å². The van der Waals surface area contributed by atoms with Gasteiger partial charge >= 0.3 is 0 Å². The number of hydrogen-bond acceptors (Lipinski definition) is 2. The molecule has 114 valence electrons. The van der Waals surface area contributed by atoms with Crippen molar-refractivity contribution in [1.82, 2.24) is 4.98 Å². The summed E-state index contributed by atoms with van der Waals surface area (Å²) in [4.78, 5) is 4.84. The third-order valence-electron chi connectivity index (χ3n) is 4.28. The van der Waals surface area contributed by atoms with E-state index in [1.165, 1.54) is 26.6 Å². The molecule has 0 fully saturated rings. The van der Waals surface area contributed by atoms with Crippen molar-refractivity contribution in [2.45, 2.75) is 26.2 Å². The number of nitrogens with zero attached hydrogens (tertiary/aromatic N) is 1. The van der Waals surface area contributed by atoms with E-state index in [1.54, 1.807) is 11.3 Å². The van der Waals surface area contributed by atoms with Gasteiger partial charge in [-0.1, -0.05) is 75.4 Å². The van der Waals surface area contributed by atoms with Crippen molar-refractivity contribution in [3.05, 3.63) is 66.2 Å². The van der Waals surface area contributed by atoms with E-state index in [-0.39, 0.29) is 5.41 Å². The van der Waals surface area contributed by atoms with E-state index in [4.69, 9.17) is 4.98 Å². The van der Waals surface area contributed by atoms with Crippen molar-refractivity contribution in [1.29, 1.82) is 0 Å². The van der Waals surface area contributed by atoms with Crippen molar-refractivity contribution in [3.63, 3.8) is 0 Å². The lowest BCUT2D eigenvalue weighted by molar-refractivity contribution is 0.590. The molecule has 4 rings (SSSR count). The minimum absolute atomic E-state index is 0.183. The molecule has 1 nitrogen and oxygen atoms in total. The van der Waals surface area contributed by atoms with Crippen LogP contribution in [0.15, 0.2) is 60.7 Å². The Morgan fingerprint density at radius 2 is 1.57 bits per heavy atom. The van der Waals surface area contributed by atoms with Crippen LogP contribution in [-0.2, 0) is 5.41 Å². The number of aromatic nitrogens is 1. The van der Waals surface area contributed by atoms with Crippen molar-refractivity contribution < 1.29 is 0 Å². The van der Waals surface area contributed by atoms with Gasteiger partial charge in [0.05, 0.1) is 10.2 Å². The van der Waals surface area contributed by atoms with Gasteiger partial charge in [-0.15, -0.1) is 11.3 Å². The molecule has 0 saturated heterocycles. The minimum atomic E-state index is 0.183. The molecule has 1 aromatic heterocycles. The predicted molar refractivity (Wildman–Crippen MR) is 101 cm³/mol. The van der Waals surface area contributed by atoms with Crippen LogP contribution in [0.2, 0.25) is 0 Å². The molecule has 0 spiro atoms. The molecule has 0 aliphatic rings. The second-order valence-electron chi connectivity index (χ2n) is 6.98. The number of hydrogen-bond donors (Lipinski definition) is 0. The van der Waals surface area contributed by atoms with Gasteiger partial charge in [-0.25, -0.2) is 4.98 Å². The summed E-state index contributed by atoms with van der Waals surface area (Å²) in [6, 6.07) is 21.6. The molecule has 4 aromatic rings. The largest absolute Gasteiger partial charge is 0.236 e.